The van der Waals surface area contributed by atoms with Crippen molar-refractivity contribution in [3.63, 3.8) is 0 Å². The van der Waals surface area contributed by atoms with E-state index in [1.165, 1.54) is 12.8 Å². The van der Waals surface area contributed by atoms with Crippen LogP contribution >= 0.6 is 0 Å². The molecule has 1 aromatic carbocycles. The topological polar surface area (TPSA) is 49.5 Å². The number of rotatable bonds is 2. The van der Waals surface area contributed by atoms with E-state index in [0.29, 0.717) is 5.75 Å². The van der Waals surface area contributed by atoms with Crippen LogP contribution in [0.15, 0.2) is 18.2 Å². The molecule has 76 valence electrons. The minimum Gasteiger partial charge on any atom is -0.508 e. The number of aromatic hydroxyl groups is 1. The minimum atomic E-state index is 0.299. The van der Waals surface area contributed by atoms with Gasteiger partial charge in [0, 0.05) is 12.2 Å². The number of benzene rings is 1. The largest absolute Gasteiger partial charge is 0.508 e. The zero-order valence-electron chi connectivity index (χ0n) is 8.24. The molecule has 3 heteroatoms. The van der Waals surface area contributed by atoms with Crippen LogP contribution in [0.5, 0.6) is 5.75 Å². The summed E-state index contributed by atoms with van der Waals surface area (Å²) in [7, 11) is 0. The lowest BCUT2D eigenvalue weighted by Crippen LogP contribution is -2.19. The molecule has 0 aliphatic carbocycles. The summed E-state index contributed by atoms with van der Waals surface area (Å²) in [6, 6.07) is 5.15. The number of phenols is 1. The maximum Gasteiger partial charge on any atom is 0.116 e. The van der Waals surface area contributed by atoms with Crippen molar-refractivity contribution in [1.29, 1.82) is 0 Å². The lowest BCUT2D eigenvalue weighted by molar-refractivity contribution is 0.331. The average molecular weight is 192 g/mol. The van der Waals surface area contributed by atoms with Crippen molar-refractivity contribution in [3.05, 3.63) is 23.8 Å². The zero-order valence-corrected chi connectivity index (χ0v) is 8.24. The number of nitrogen functional groups attached to an aromatic ring is 1. The van der Waals surface area contributed by atoms with E-state index in [1.807, 2.05) is 0 Å². The maximum atomic E-state index is 9.34. The Labute approximate surface area is 84.1 Å². The number of likely N-dealkylation sites (tertiary alicyclic amines) is 1. The van der Waals surface area contributed by atoms with Gasteiger partial charge in [0.15, 0.2) is 0 Å². The van der Waals surface area contributed by atoms with Gasteiger partial charge in [-0.15, -0.1) is 0 Å². The second kappa shape index (κ2) is 3.88. The molecule has 1 aromatic rings. The van der Waals surface area contributed by atoms with E-state index in [-0.39, 0.29) is 0 Å². The molecule has 0 amide bonds. The van der Waals surface area contributed by atoms with Crippen LogP contribution < -0.4 is 5.73 Å². The van der Waals surface area contributed by atoms with Gasteiger partial charge in [-0.3, -0.25) is 4.90 Å². The number of hydrogen-bond acceptors (Lipinski definition) is 3. The number of hydrogen-bond donors (Lipinski definition) is 2. The third kappa shape index (κ3) is 1.99. The molecule has 1 aliphatic rings. The molecule has 1 aliphatic heterocycles. The Kier molecular flexibility index (Phi) is 2.59. The second-order valence-electron chi connectivity index (χ2n) is 3.87. The molecule has 3 N–H and O–H groups in total. The smallest absolute Gasteiger partial charge is 0.116 e. The van der Waals surface area contributed by atoms with Gasteiger partial charge in [0.2, 0.25) is 0 Å². The van der Waals surface area contributed by atoms with Gasteiger partial charge in [-0.05, 0) is 49.7 Å². The molecule has 0 saturated carbocycles. The standard InChI is InChI=1S/C11H16N2O/c12-11-4-3-10(14)7-9(11)8-13-5-1-2-6-13/h3-4,7,14H,1-2,5-6,8,12H2. The summed E-state index contributed by atoms with van der Waals surface area (Å²) in [6.45, 7) is 3.16. The molecule has 1 saturated heterocycles. The minimum absolute atomic E-state index is 0.299. The molecule has 2 rings (SSSR count). The molecule has 1 fully saturated rings. The van der Waals surface area contributed by atoms with Crippen LogP contribution in [0.3, 0.4) is 0 Å². The Morgan fingerprint density at radius 1 is 1.29 bits per heavy atom. The highest BCUT2D eigenvalue weighted by atomic mass is 16.3. The first kappa shape index (κ1) is 9.34. The van der Waals surface area contributed by atoms with Crippen LogP contribution in [0.1, 0.15) is 18.4 Å². The second-order valence-corrected chi connectivity index (χ2v) is 3.87. The monoisotopic (exact) mass is 192 g/mol. The predicted octanol–water partition coefficient (Wildman–Crippen LogP) is 1.57. The molecular formula is C11H16N2O. The number of nitrogens with zero attached hydrogens (tertiary/aromatic N) is 1. The van der Waals surface area contributed by atoms with Crippen molar-refractivity contribution in [2.24, 2.45) is 0 Å². The number of anilines is 1. The summed E-state index contributed by atoms with van der Waals surface area (Å²) in [4.78, 5) is 2.37. The molecule has 0 atom stereocenters. The molecule has 3 nitrogen and oxygen atoms in total. The van der Waals surface area contributed by atoms with Crippen molar-refractivity contribution in [3.8, 4) is 5.75 Å². The van der Waals surface area contributed by atoms with Crippen LogP contribution in [-0.4, -0.2) is 23.1 Å². The lowest BCUT2D eigenvalue weighted by atomic mass is 10.1. The fourth-order valence-electron chi connectivity index (χ4n) is 1.91. The lowest BCUT2D eigenvalue weighted by Gasteiger charge is -2.16. The highest BCUT2D eigenvalue weighted by molar-refractivity contribution is 5.50. The van der Waals surface area contributed by atoms with Crippen molar-refractivity contribution < 1.29 is 5.11 Å². The molecule has 14 heavy (non-hydrogen) atoms. The molecular weight excluding hydrogens is 176 g/mol. The van der Waals surface area contributed by atoms with Gasteiger partial charge in [0.25, 0.3) is 0 Å². The average Bonchev–Trinajstić information content (AvgIpc) is 2.64. The predicted molar refractivity (Wildman–Crippen MR) is 57.0 cm³/mol. The summed E-state index contributed by atoms with van der Waals surface area (Å²) in [5.41, 5.74) is 7.64. The van der Waals surface area contributed by atoms with Gasteiger partial charge in [-0.1, -0.05) is 0 Å². The Bertz CT molecular complexity index is 319. The number of phenolic OH excluding ortho intramolecular Hbond substituents is 1. The van der Waals surface area contributed by atoms with Gasteiger partial charge >= 0.3 is 0 Å². The quantitative estimate of drug-likeness (QED) is 0.552. The fourth-order valence-corrected chi connectivity index (χ4v) is 1.91. The van der Waals surface area contributed by atoms with Gasteiger partial charge in [-0.2, -0.15) is 0 Å². The SMILES string of the molecule is Nc1ccc(O)cc1CN1CCCC1. The van der Waals surface area contributed by atoms with Crippen molar-refractivity contribution in [2.75, 3.05) is 18.8 Å². The molecule has 0 aromatic heterocycles. The highest BCUT2D eigenvalue weighted by Crippen LogP contribution is 2.21. The van der Waals surface area contributed by atoms with Crippen molar-refractivity contribution in [2.45, 2.75) is 19.4 Å². The first-order chi connectivity index (χ1) is 6.75. The summed E-state index contributed by atoms with van der Waals surface area (Å²) in [5.74, 6) is 0.299. The normalized spacial score (nSPS) is 17.4. The van der Waals surface area contributed by atoms with Crippen molar-refractivity contribution in [1.82, 2.24) is 4.90 Å². The summed E-state index contributed by atoms with van der Waals surface area (Å²) in [6.07, 6.45) is 2.55. The Morgan fingerprint density at radius 2 is 2.00 bits per heavy atom. The van der Waals surface area contributed by atoms with E-state index in [9.17, 15) is 5.11 Å². The molecule has 1 heterocycles. The summed E-state index contributed by atoms with van der Waals surface area (Å²) in [5, 5.41) is 9.34. The van der Waals surface area contributed by atoms with Gasteiger partial charge in [-0.25, -0.2) is 0 Å². The first-order valence-electron chi connectivity index (χ1n) is 5.05. The Hall–Kier alpha value is -1.22. The molecule has 0 spiro atoms. The maximum absolute atomic E-state index is 9.34. The third-order valence-corrected chi connectivity index (χ3v) is 2.72. The first-order valence-corrected chi connectivity index (χ1v) is 5.05. The van der Waals surface area contributed by atoms with Gasteiger partial charge in [0.1, 0.15) is 5.75 Å². The van der Waals surface area contributed by atoms with Crippen molar-refractivity contribution >= 4 is 5.69 Å². The van der Waals surface area contributed by atoms with Crippen LogP contribution in [0.2, 0.25) is 0 Å². The van der Waals surface area contributed by atoms with E-state index in [1.54, 1.807) is 18.2 Å². The van der Waals surface area contributed by atoms with E-state index in [0.717, 1.165) is 30.9 Å². The molecule has 0 bridgehead atoms. The highest BCUT2D eigenvalue weighted by Gasteiger charge is 2.13. The Balaban J connectivity index is 2.10. The summed E-state index contributed by atoms with van der Waals surface area (Å²) < 4.78 is 0. The zero-order chi connectivity index (χ0) is 9.97. The Morgan fingerprint density at radius 3 is 2.71 bits per heavy atom. The van der Waals surface area contributed by atoms with Crippen LogP contribution in [0, 0.1) is 0 Å². The van der Waals surface area contributed by atoms with E-state index >= 15 is 0 Å². The summed E-state index contributed by atoms with van der Waals surface area (Å²) >= 11 is 0. The third-order valence-electron chi connectivity index (χ3n) is 2.72. The number of nitrogens with two attached hydrogens (primary N) is 1. The van der Waals surface area contributed by atoms with Crippen LogP contribution in [0.25, 0.3) is 0 Å². The fraction of sp³-hybridized carbons (Fsp3) is 0.455. The van der Waals surface area contributed by atoms with Crippen LogP contribution in [0.4, 0.5) is 5.69 Å². The van der Waals surface area contributed by atoms with Gasteiger partial charge < -0.3 is 10.8 Å². The van der Waals surface area contributed by atoms with Crippen LogP contribution in [-0.2, 0) is 6.54 Å². The van der Waals surface area contributed by atoms with E-state index in [2.05, 4.69) is 4.90 Å². The van der Waals surface area contributed by atoms with Gasteiger partial charge in [0.05, 0.1) is 0 Å². The molecule has 0 unspecified atom stereocenters. The molecule has 0 radical (unpaired) electrons. The van der Waals surface area contributed by atoms with E-state index < -0.39 is 0 Å². The van der Waals surface area contributed by atoms with E-state index in [4.69, 9.17) is 5.73 Å².